The summed E-state index contributed by atoms with van der Waals surface area (Å²) in [5, 5.41) is 0.590. The van der Waals surface area contributed by atoms with E-state index in [0.29, 0.717) is 16.7 Å². The first-order valence-electron chi connectivity index (χ1n) is 10.1. The average molecular weight is 404 g/mol. The number of aromatic nitrogens is 2. The Morgan fingerprint density at radius 3 is 2.00 bits per heavy atom. The molecule has 0 N–H and O–H groups in total. The molecule has 1 aromatic heterocycles. The van der Waals surface area contributed by atoms with E-state index in [2.05, 4.69) is 12.1 Å². The summed E-state index contributed by atoms with van der Waals surface area (Å²) in [5.74, 6) is 1.35. The number of nitrogens with zero attached hydrogens (tertiary/aromatic N) is 2. The number of hydrogen-bond acceptors (Lipinski definition) is 3. The topological polar surface area (TPSA) is 44.1 Å². The molecule has 4 aromatic carbocycles. The number of fused-ring (bicyclic) bond motifs is 1. The minimum Gasteiger partial charge on any atom is -0.497 e. The molecule has 0 unspecified atom stereocenters. The fourth-order valence-electron chi connectivity index (χ4n) is 3.74. The molecule has 5 aromatic rings. The number of rotatable bonds is 4. The highest BCUT2D eigenvalue weighted by molar-refractivity contribution is 5.80. The molecule has 0 aliphatic rings. The van der Waals surface area contributed by atoms with Gasteiger partial charge in [-0.15, -0.1) is 0 Å². The van der Waals surface area contributed by atoms with Crippen LogP contribution in [0.3, 0.4) is 0 Å². The number of methoxy groups -OCH3 is 1. The molecule has 4 nitrogen and oxygen atoms in total. The van der Waals surface area contributed by atoms with E-state index < -0.39 is 0 Å². The van der Waals surface area contributed by atoms with Gasteiger partial charge in [-0.1, -0.05) is 54.6 Å². The maximum atomic E-state index is 13.5. The van der Waals surface area contributed by atoms with Gasteiger partial charge in [-0.25, -0.2) is 4.98 Å². The summed E-state index contributed by atoms with van der Waals surface area (Å²) in [6.45, 7) is 0. The van der Waals surface area contributed by atoms with Gasteiger partial charge in [0.25, 0.3) is 5.56 Å². The number of hydrogen-bond donors (Lipinski definition) is 0. The Bertz CT molecular complexity index is 1400. The van der Waals surface area contributed by atoms with Gasteiger partial charge < -0.3 is 4.74 Å². The maximum Gasteiger partial charge on any atom is 0.266 e. The molecule has 5 rings (SSSR count). The Labute approximate surface area is 180 Å². The summed E-state index contributed by atoms with van der Waals surface area (Å²) >= 11 is 0. The number of ether oxygens (including phenoxy) is 1. The van der Waals surface area contributed by atoms with Crippen molar-refractivity contribution in [3.05, 3.63) is 113 Å². The fraction of sp³-hybridized carbons (Fsp3) is 0.0370. The molecule has 0 radical (unpaired) electrons. The Hall–Kier alpha value is -4.18. The summed E-state index contributed by atoms with van der Waals surface area (Å²) in [6.07, 6.45) is 0. The van der Waals surface area contributed by atoms with Gasteiger partial charge in [0.1, 0.15) is 11.6 Å². The van der Waals surface area contributed by atoms with Crippen LogP contribution >= 0.6 is 0 Å². The van der Waals surface area contributed by atoms with Crippen molar-refractivity contribution in [1.82, 2.24) is 9.55 Å². The van der Waals surface area contributed by atoms with Gasteiger partial charge >= 0.3 is 0 Å². The van der Waals surface area contributed by atoms with Crippen molar-refractivity contribution in [2.24, 2.45) is 0 Å². The zero-order chi connectivity index (χ0) is 21.2. The van der Waals surface area contributed by atoms with Crippen LogP contribution in [0.4, 0.5) is 0 Å². The van der Waals surface area contributed by atoms with Crippen molar-refractivity contribution in [3.8, 4) is 34.0 Å². The van der Waals surface area contributed by atoms with Crippen molar-refractivity contribution in [3.63, 3.8) is 0 Å². The summed E-state index contributed by atoms with van der Waals surface area (Å²) < 4.78 is 6.96. The molecule has 0 aliphatic carbocycles. The Balaban J connectivity index is 1.71. The quantitative estimate of drug-likeness (QED) is 0.384. The van der Waals surface area contributed by atoms with E-state index in [9.17, 15) is 4.79 Å². The lowest BCUT2D eigenvalue weighted by Gasteiger charge is -2.15. The zero-order valence-electron chi connectivity index (χ0n) is 17.0. The smallest absolute Gasteiger partial charge is 0.266 e. The normalized spacial score (nSPS) is 10.9. The fourth-order valence-corrected chi connectivity index (χ4v) is 3.74. The van der Waals surface area contributed by atoms with Gasteiger partial charge in [-0.2, -0.15) is 0 Å². The summed E-state index contributed by atoms with van der Waals surface area (Å²) in [4.78, 5) is 18.3. The second-order valence-corrected chi connectivity index (χ2v) is 7.23. The molecule has 4 heteroatoms. The summed E-state index contributed by atoms with van der Waals surface area (Å²) in [6, 6.07) is 33.2. The molecule has 0 aliphatic heterocycles. The van der Waals surface area contributed by atoms with Crippen LogP contribution in [0.5, 0.6) is 5.75 Å². The predicted octanol–water partition coefficient (Wildman–Crippen LogP) is 5.73. The van der Waals surface area contributed by atoms with Crippen LogP contribution in [0.2, 0.25) is 0 Å². The standard InChI is InChI=1S/C27H20N2O2/c1-31-23-17-13-21(14-18-23)26-28-25-10-6-5-9-24(25)27(30)29(26)22-15-11-20(12-16-22)19-7-3-2-4-8-19/h2-18H,1H3. The van der Waals surface area contributed by atoms with E-state index in [1.807, 2.05) is 91.0 Å². The SMILES string of the molecule is COc1ccc(-c2nc3ccccc3c(=O)n2-c2ccc(-c3ccccc3)cc2)cc1. The molecule has 0 bridgehead atoms. The molecule has 31 heavy (non-hydrogen) atoms. The van der Waals surface area contributed by atoms with E-state index in [1.165, 1.54) is 0 Å². The molecule has 1 heterocycles. The van der Waals surface area contributed by atoms with E-state index in [4.69, 9.17) is 9.72 Å². The van der Waals surface area contributed by atoms with E-state index in [1.54, 1.807) is 11.7 Å². The van der Waals surface area contributed by atoms with E-state index in [-0.39, 0.29) is 5.56 Å². The zero-order valence-corrected chi connectivity index (χ0v) is 17.0. The molecule has 0 saturated heterocycles. The van der Waals surface area contributed by atoms with Gasteiger partial charge in [0.15, 0.2) is 0 Å². The molecule has 0 saturated carbocycles. The van der Waals surface area contributed by atoms with Crippen LogP contribution in [0.1, 0.15) is 0 Å². The lowest BCUT2D eigenvalue weighted by molar-refractivity contribution is 0.415. The minimum atomic E-state index is -0.0936. The first-order valence-corrected chi connectivity index (χ1v) is 10.1. The summed E-state index contributed by atoms with van der Waals surface area (Å²) in [5.41, 5.74) is 4.43. The second-order valence-electron chi connectivity index (χ2n) is 7.23. The minimum absolute atomic E-state index is 0.0936. The van der Waals surface area contributed by atoms with Crippen LogP contribution in [0.25, 0.3) is 39.1 Å². The Morgan fingerprint density at radius 1 is 0.677 bits per heavy atom. The van der Waals surface area contributed by atoms with Crippen molar-refractivity contribution < 1.29 is 4.74 Å². The molecule has 0 fully saturated rings. The van der Waals surface area contributed by atoms with Crippen molar-refractivity contribution in [2.45, 2.75) is 0 Å². The number of benzene rings is 4. The van der Waals surface area contributed by atoms with Gasteiger partial charge in [-0.05, 0) is 59.7 Å². The first kappa shape index (κ1) is 18.8. The monoisotopic (exact) mass is 404 g/mol. The molecular weight excluding hydrogens is 384 g/mol. The largest absolute Gasteiger partial charge is 0.497 e. The molecule has 0 atom stereocenters. The Morgan fingerprint density at radius 2 is 1.29 bits per heavy atom. The highest BCUT2D eigenvalue weighted by Crippen LogP contribution is 2.26. The average Bonchev–Trinajstić information content (AvgIpc) is 2.85. The molecular formula is C27H20N2O2. The highest BCUT2D eigenvalue weighted by atomic mass is 16.5. The third kappa shape index (κ3) is 3.49. The second kappa shape index (κ2) is 7.92. The van der Waals surface area contributed by atoms with Crippen LogP contribution in [-0.4, -0.2) is 16.7 Å². The molecule has 150 valence electrons. The molecule has 0 amide bonds. The number of para-hydroxylation sites is 1. The van der Waals surface area contributed by atoms with Gasteiger partial charge in [0, 0.05) is 5.56 Å². The van der Waals surface area contributed by atoms with Crippen LogP contribution in [0.15, 0.2) is 108 Å². The van der Waals surface area contributed by atoms with Crippen molar-refractivity contribution in [1.29, 1.82) is 0 Å². The van der Waals surface area contributed by atoms with Crippen molar-refractivity contribution in [2.75, 3.05) is 7.11 Å². The lowest BCUT2D eigenvalue weighted by Crippen LogP contribution is -2.21. The highest BCUT2D eigenvalue weighted by Gasteiger charge is 2.14. The van der Waals surface area contributed by atoms with E-state index >= 15 is 0 Å². The van der Waals surface area contributed by atoms with Crippen LogP contribution in [0, 0.1) is 0 Å². The lowest BCUT2D eigenvalue weighted by atomic mass is 10.1. The van der Waals surface area contributed by atoms with Gasteiger partial charge in [0.05, 0.1) is 23.7 Å². The Kier molecular flexibility index (Phi) is 4.81. The van der Waals surface area contributed by atoms with Gasteiger partial charge in [-0.3, -0.25) is 9.36 Å². The van der Waals surface area contributed by atoms with Crippen molar-refractivity contribution >= 4 is 10.9 Å². The molecule has 0 spiro atoms. The maximum absolute atomic E-state index is 13.5. The third-order valence-electron chi connectivity index (χ3n) is 5.36. The first-order chi connectivity index (χ1) is 15.2. The third-order valence-corrected chi connectivity index (χ3v) is 5.36. The van der Waals surface area contributed by atoms with E-state index in [0.717, 1.165) is 28.1 Å². The predicted molar refractivity (Wildman–Crippen MR) is 125 cm³/mol. The van der Waals surface area contributed by atoms with Crippen LogP contribution in [-0.2, 0) is 0 Å². The van der Waals surface area contributed by atoms with Crippen LogP contribution < -0.4 is 10.3 Å². The van der Waals surface area contributed by atoms with Gasteiger partial charge in [0.2, 0.25) is 0 Å². The summed E-state index contributed by atoms with van der Waals surface area (Å²) in [7, 11) is 1.63.